The summed E-state index contributed by atoms with van der Waals surface area (Å²) in [7, 11) is 0. The monoisotopic (exact) mass is 271 g/mol. The first-order chi connectivity index (χ1) is 9.60. The Labute approximate surface area is 117 Å². The molecule has 1 aromatic heterocycles. The highest BCUT2D eigenvalue weighted by Gasteiger charge is 2.09. The molecule has 5 heteroatoms. The van der Waals surface area contributed by atoms with Crippen LogP contribution in [0.15, 0.2) is 41.7 Å². The number of amidine groups is 1. The molecule has 0 amide bonds. The van der Waals surface area contributed by atoms with E-state index in [1.54, 1.807) is 12.3 Å². The lowest BCUT2D eigenvalue weighted by atomic mass is 10.1. The molecule has 0 aliphatic rings. The van der Waals surface area contributed by atoms with E-state index < -0.39 is 0 Å². The standard InChI is InChI=1S/C15H17N3O2/c1-10-6-11(2)8-13(7-10)20-9-12-4-3-5-17-14(12)15(16)18-19/h3-8,19H,9H2,1-2H3,(H2,16,18). The number of rotatable bonds is 4. The predicted molar refractivity (Wildman–Crippen MR) is 77.0 cm³/mol. The zero-order chi connectivity index (χ0) is 14.5. The minimum Gasteiger partial charge on any atom is -0.489 e. The van der Waals surface area contributed by atoms with Crippen molar-refractivity contribution in [1.82, 2.24) is 4.98 Å². The van der Waals surface area contributed by atoms with E-state index in [0.717, 1.165) is 22.4 Å². The Morgan fingerprint density at radius 1 is 1.30 bits per heavy atom. The van der Waals surface area contributed by atoms with E-state index in [9.17, 15) is 0 Å². The minimum absolute atomic E-state index is 0.0235. The molecular weight excluding hydrogens is 254 g/mol. The molecule has 0 aliphatic heterocycles. The Morgan fingerprint density at radius 3 is 2.65 bits per heavy atom. The van der Waals surface area contributed by atoms with Crippen LogP contribution in [0.4, 0.5) is 0 Å². The molecule has 0 spiro atoms. The van der Waals surface area contributed by atoms with Crippen molar-refractivity contribution < 1.29 is 9.94 Å². The van der Waals surface area contributed by atoms with E-state index in [-0.39, 0.29) is 5.84 Å². The van der Waals surface area contributed by atoms with Crippen molar-refractivity contribution >= 4 is 5.84 Å². The van der Waals surface area contributed by atoms with Gasteiger partial charge in [0.2, 0.25) is 0 Å². The van der Waals surface area contributed by atoms with Gasteiger partial charge in [-0.2, -0.15) is 0 Å². The van der Waals surface area contributed by atoms with Crippen molar-refractivity contribution in [3.63, 3.8) is 0 Å². The number of pyridine rings is 1. The summed E-state index contributed by atoms with van der Waals surface area (Å²) < 4.78 is 5.76. The van der Waals surface area contributed by atoms with Gasteiger partial charge in [0, 0.05) is 11.8 Å². The van der Waals surface area contributed by atoms with Gasteiger partial charge in [0.05, 0.1) is 0 Å². The van der Waals surface area contributed by atoms with Crippen molar-refractivity contribution in [3.8, 4) is 5.75 Å². The fourth-order valence-electron chi connectivity index (χ4n) is 2.01. The first kappa shape index (κ1) is 13.9. The van der Waals surface area contributed by atoms with Crippen LogP contribution >= 0.6 is 0 Å². The van der Waals surface area contributed by atoms with Crippen LogP contribution < -0.4 is 10.5 Å². The van der Waals surface area contributed by atoms with Crippen molar-refractivity contribution in [3.05, 3.63) is 58.9 Å². The molecule has 0 bridgehead atoms. The molecule has 3 N–H and O–H groups in total. The number of hydrogen-bond acceptors (Lipinski definition) is 4. The number of aromatic nitrogens is 1. The van der Waals surface area contributed by atoms with Crippen molar-refractivity contribution in [2.45, 2.75) is 20.5 Å². The highest BCUT2D eigenvalue weighted by atomic mass is 16.5. The number of aryl methyl sites for hydroxylation is 2. The Balaban J connectivity index is 2.19. The van der Waals surface area contributed by atoms with Gasteiger partial charge in [0.1, 0.15) is 18.1 Å². The summed E-state index contributed by atoms with van der Waals surface area (Å²) in [6.07, 6.45) is 1.59. The highest BCUT2D eigenvalue weighted by Crippen LogP contribution is 2.18. The Kier molecular flexibility index (Phi) is 4.20. The van der Waals surface area contributed by atoms with Gasteiger partial charge in [-0.05, 0) is 43.2 Å². The number of nitrogens with zero attached hydrogens (tertiary/aromatic N) is 2. The van der Waals surface area contributed by atoms with E-state index in [0.29, 0.717) is 12.3 Å². The summed E-state index contributed by atoms with van der Waals surface area (Å²) >= 11 is 0. The van der Waals surface area contributed by atoms with E-state index in [4.69, 9.17) is 15.7 Å². The fraction of sp³-hybridized carbons (Fsp3) is 0.200. The molecule has 0 unspecified atom stereocenters. The van der Waals surface area contributed by atoms with Gasteiger partial charge in [-0.3, -0.25) is 4.98 Å². The molecule has 0 atom stereocenters. The fourth-order valence-corrected chi connectivity index (χ4v) is 2.01. The second kappa shape index (κ2) is 6.06. The zero-order valence-corrected chi connectivity index (χ0v) is 11.5. The van der Waals surface area contributed by atoms with E-state index >= 15 is 0 Å². The first-order valence-corrected chi connectivity index (χ1v) is 6.23. The SMILES string of the molecule is Cc1cc(C)cc(OCc2cccnc2C(N)=NO)c1. The average Bonchev–Trinajstić information content (AvgIpc) is 2.43. The summed E-state index contributed by atoms with van der Waals surface area (Å²) in [6, 6.07) is 9.63. The summed E-state index contributed by atoms with van der Waals surface area (Å²) in [6.45, 7) is 4.35. The lowest BCUT2D eigenvalue weighted by Gasteiger charge is -2.10. The van der Waals surface area contributed by atoms with Crippen molar-refractivity contribution in [2.24, 2.45) is 10.9 Å². The Morgan fingerprint density at radius 2 is 2.00 bits per heavy atom. The van der Waals surface area contributed by atoms with Gasteiger partial charge in [-0.1, -0.05) is 17.3 Å². The molecule has 20 heavy (non-hydrogen) atoms. The maximum absolute atomic E-state index is 8.75. The number of oxime groups is 1. The van der Waals surface area contributed by atoms with Crippen LogP contribution in [0.25, 0.3) is 0 Å². The molecule has 104 valence electrons. The third-order valence-electron chi connectivity index (χ3n) is 2.83. The van der Waals surface area contributed by atoms with E-state index in [2.05, 4.69) is 16.2 Å². The number of nitrogens with two attached hydrogens (primary N) is 1. The van der Waals surface area contributed by atoms with Crippen LogP contribution in [-0.4, -0.2) is 16.0 Å². The smallest absolute Gasteiger partial charge is 0.189 e. The van der Waals surface area contributed by atoms with Gasteiger partial charge in [0.15, 0.2) is 5.84 Å². The molecule has 0 radical (unpaired) electrons. The lowest BCUT2D eigenvalue weighted by Crippen LogP contribution is -2.18. The van der Waals surface area contributed by atoms with Crippen molar-refractivity contribution in [2.75, 3.05) is 0 Å². The molecule has 0 saturated heterocycles. The third kappa shape index (κ3) is 3.26. The molecule has 1 heterocycles. The second-order valence-electron chi connectivity index (χ2n) is 4.61. The normalized spacial score (nSPS) is 11.4. The first-order valence-electron chi connectivity index (χ1n) is 6.23. The zero-order valence-electron chi connectivity index (χ0n) is 11.5. The summed E-state index contributed by atoms with van der Waals surface area (Å²) in [5.74, 6) is 0.765. The van der Waals surface area contributed by atoms with Gasteiger partial charge < -0.3 is 15.7 Å². The Hall–Kier alpha value is -2.56. The predicted octanol–water partition coefficient (Wildman–Crippen LogP) is 2.37. The maximum atomic E-state index is 8.75. The molecule has 2 aromatic rings. The number of hydrogen-bond donors (Lipinski definition) is 2. The van der Waals surface area contributed by atoms with E-state index in [1.807, 2.05) is 32.0 Å². The van der Waals surface area contributed by atoms with Gasteiger partial charge in [-0.25, -0.2) is 0 Å². The second-order valence-corrected chi connectivity index (χ2v) is 4.61. The average molecular weight is 271 g/mol. The van der Waals surface area contributed by atoms with Gasteiger partial charge in [-0.15, -0.1) is 0 Å². The summed E-state index contributed by atoms with van der Waals surface area (Å²) in [5.41, 5.74) is 9.07. The van der Waals surface area contributed by atoms with Crippen LogP contribution in [-0.2, 0) is 6.61 Å². The van der Waals surface area contributed by atoms with Crippen LogP contribution in [0.1, 0.15) is 22.4 Å². The molecule has 0 aliphatic carbocycles. The van der Waals surface area contributed by atoms with Crippen LogP contribution in [0, 0.1) is 13.8 Å². The molecule has 5 nitrogen and oxygen atoms in total. The molecular formula is C15H17N3O2. The summed E-state index contributed by atoms with van der Waals surface area (Å²) in [4.78, 5) is 4.10. The molecule has 0 saturated carbocycles. The maximum Gasteiger partial charge on any atom is 0.189 e. The minimum atomic E-state index is -0.0235. The largest absolute Gasteiger partial charge is 0.489 e. The number of benzene rings is 1. The summed E-state index contributed by atoms with van der Waals surface area (Å²) in [5, 5.41) is 11.7. The molecule has 0 fully saturated rings. The van der Waals surface area contributed by atoms with Crippen LogP contribution in [0.3, 0.4) is 0 Å². The number of ether oxygens (including phenoxy) is 1. The van der Waals surface area contributed by atoms with Gasteiger partial charge in [0.25, 0.3) is 0 Å². The van der Waals surface area contributed by atoms with Crippen LogP contribution in [0.2, 0.25) is 0 Å². The Bertz CT molecular complexity index is 619. The molecule has 1 aromatic carbocycles. The third-order valence-corrected chi connectivity index (χ3v) is 2.83. The highest BCUT2D eigenvalue weighted by molar-refractivity contribution is 5.96. The molecule has 2 rings (SSSR count). The topological polar surface area (TPSA) is 80.7 Å². The lowest BCUT2D eigenvalue weighted by molar-refractivity contribution is 0.304. The van der Waals surface area contributed by atoms with E-state index in [1.165, 1.54) is 0 Å². The quantitative estimate of drug-likeness (QED) is 0.387. The van der Waals surface area contributed by atoms with Crippen molar-refractivity contribution in [1.29, 1.82) is 0 Å². The van der Waals surface area contributed by atoms with Crippen LogP contribution in [0.5, 0.6) is 5.75 Å². The van der Waals surface area contributed by atoms with Gasteiger partial charge >= 0.3 is 0 Å².